The second-order valence-corrected chi connectivity index (χ2v) is 6.54. The summed E-state index contributed by atoms with van der Waals surface area (Å²) in [5.74, 6) is 0. The molecule has 2 radical (unpaired) electrons. The Balaban J connectivity index is -0.0000000800. The van der Waals surface area contributed by atoms with Gasteiger partial charge in [-0.25, -0.2) is 0 Å². The molecule has 0 saturated carbocycles. The van der Waals surface area contributed by atoms with Crippen molar-refractivity contribution in [3.8, 4) is 0 Å². The third kappa shape index (κ3) is 25.2. The predicted molar refractivity (Wildman–Crippen MR) is 59.8 cm³/mol. The number of nitrogens with one attached hydrogen (secondary N) is 2. The Hall–Kier alpha value is 2.27. The fraction of sp³-hybridized carbons (Fsp3) is 1.00. The molecule has 2 N–H and O–H groups in total. The van der Waals surface area contributed by atoms with Crippen molar-refractivity contribution < 1.29 is 68.7 Å². The normalized spacial score (nSPS) is 9.00. The standard InChI is InChI=1S/2C4H11NOSi.2Na/c2*1-3-4-7(6)5-2;;/h2*5H,3-4H2,1-2H3;;/q2*-1;2*+1. The SMILES string of the molecule is CCC[Si]([O-])NC.CCC[Si]([O-])NC.[Na+].[Na+]. The minimum atomic E-state index is -1.38. The van der Waals surface area contributed by atoms with Crippen LogP contribution in [0.5, 0.6) is 0 Å². The molecule has 0 rings (SSSR count). The van der Waals surface area contributed by atoms with Crippen molar-refractivity contribution in [2.75, 3.05) is 14.1 Å². The summed E-state index contributed by atoms with van der Waals surface area (Å²) >= 11 is 0. The summed E-state index contributed by atoms with van der Waals surface area (Å²) in [7, 11) is 0.706. The van der Waals surface area contributed by atoms with Gasteiger partial charge < -0.3 is 19.6 Å². The monoisotopic (exact) mass is 280 g/mol. The molecule has 0 unspecified atom stereocenters. The Kier molecular flexibility index (Phi) is 37.6. The summed E-state index contributed by atoms with van der Waals surface area (Å²) in [6.45, 7) is 4.06. The van der Waals surface area contributed by atoms with E-state index in [0.717, 1.165) is 24.9 Å². The van der Waals surface area contributed by atoms with Crippen molar-refractivity contribution in [1.82, 2.24) is 9.96 Å². The van der Waals surface area contributed by atoms with Gasteiger partial charge in [-0.1, -0.05) is 38.8 Å². The van der Waals surface area contributed by atoms with Gasteiger partial charge in [0.15, 0.2) is 0 Å². The smallest absolute Gasteiger partial charge is 0.849 e. The zero-order valence-electron chi connectivity index (χ0n) is 11.6. The summed E-state index contributed by atoms with van der Waals surface area (Å²) < 4.78 is 0. The van der Waals surface area contributed by atoms with E-state index in [0.29, 0.717) is 0 Å². The van der Waals surface area contributed by atoms with Gasteiger partial charge in [0.05, 0.1) is 0 Å². The Morgan fingerprint density at radius 3 is 1.12 bits per heavy atom. The quantitative estimate of drug-likeness (QED) is 0.475. The predicted octanol–water partition coefficient (Wildman–Crippen LogP) is -7.06. The third-order valence-corrected chi connectivity index (χ3v) is 4.54. The van der Waals surface area contributed by atoms with Gasteiger partial charge in [-0.2, -0.15) is 0 Å². The maximum Gasteiger partial charge on any atom is 1.00 e. The van der Waals surface area contributed by atoms with E-state index in [1.54, 1.807) is 14.1 Å². The van der Waals surface area contributed by atoms with Crippen molar-refractivity contribution in [2.45, 2.75) is 38.8 Å². The maximum atomic E-state index is 10.5. The van der Waals surface area contributed by atoms with Crippen LogP contribution in [-0.4, -0.2) is 32.5 Å². The molecule has 0 aliphatic heterocycles. The van der Waals surface area contributed by atoms with Gasteiger partial charge >= 0.3 is 59.1 Å². The molecule has 0 atom stereocenters. The molecule has 8 heteroatoms. The molecule has 0 aromatic heterocycles. The molecule has 0 heterocycles. The first-order chi connectivity index (χ1) is 6.62. The second-order valence-electron chi connectivity index (χ2n) is 2.85. The molecule has 0 aromatic carbocycles. The molecule has 4 nitrogen and oxygen atoms in total. The molecule has 0 aliphatic rings. The fourth-order valence-electron chi connectivity index (χ4n) is 0.704. The maximum absolute atomic E-state index is 10.5. The Morgan fingerprint density at radius 2 is 1.06 bits per heavy atom. The molecule has 0 bridgehead atoms. The van der Waals surface area contributed by atoms with E-state index in [1.165, 1.54) is 0 Å². The zero-order chi connectivity index (χ0) is 11.4. The molecule has 0 aliphatic carbocycles. The van der Waals surface area contributed by atoms with E-state index in [4.69, 9.17) is 0 Å². The minimum absolute atomic E-state index is 0. The van der Waals surface area contributed by atoms with Gasteiger partial charge in [-0.15, -0.1) is 0 Å². The van der Waals surface area contributed by atoms with E-state index in [1.807, 2.05) is 13.8 Å². The van der Waals surface area contributed by atoms with E-state index >= 15 is 0 Å². The van der Waals surface area contributed by atoms with Gasteiger partial charge in [-0.3, -0.25) is 0 Å². The van der Waals surface area contributed by atoms with Crippen molar-refractivity contribution in [1.29, 1.82) is 0 Å². The van der Waals surface area contributed by atoms with Gasteiger partial charge in [0.2, 0.25) is 0 Å². The van der Waals surface area contributed by atoms with Crippen LogP contribution >= 0.6 is 0 Å². The van der Waals surface area contributed by atoms with Crippen molar-refractivity contribution in [3.05, 3.63) is 0 Å². The third-order valence-electron chi connectivity index (χ3n) is 1.51. The van der Waals surface area contributed by atoms with Crippen LogP contribution in [0.4, 0.5) is 0 Å². The largest absolute Gasteiger partial charge is 1.00 e. The van der Waals surface area contributed by atoms with Gasteiger partial charge in [0.1, 0.15) is 0 Å². The van der Waals surface area contributed by atoms with E-state index in [9.17, 15) is 9.59 Å². The van der Waals surface area contributed by atoms with Crippen LogP contribution in [0, 0.1) is 0 Å². The first-order valence-corrected chi connectivity index (χ1v) is 8.26. The molecule has 0 saturated heterocycles. The van der Waals surface area contributed by atoms with Gasteiger partial charge in [0.25, 0.3) is 0 Å². The van der Waals surface area contributed by atoms with Crippen LogP contribution in [0.2, 0.25) is 12.1 Å². The summed E-state index contributed by atoms with van der Waals surface area (Å²) in [4.78, 5) is 26.4. The topological polar surface area (TPSA) is 70.2 Å². The van der Waals surface area contributed by atoms with Crippen LogP contribution in [0.3, 0.4) is 0 Å². The average Bonchev–Trinajstić information content (AvgIpc) is 2.19. The van der Waals surface area contributed by atoms with E-state index in [2.05, 4.69) is 9.96 Å². The average molecular weight is 280 g/mol. The first kappa shape index (κ1) is 26.8. The second kappa shape index (κ2) is 22.5. The Bertz CT molecular complexity index is 106. The molecule has 0 fully saturated rings. The van der Waals surface area contributed by atoms with Crippen LogP contribution in [0.1, 0.15) is 26.7 Å². The van der Waals surface area contributed by atoms with Crippen molar-refractivity contribution in [2.24, 2.45) is 0 Å². The van der Waals surface area contributed by atoms with Crippen LogP contribution in [-0.2, 0) is 0 Å². The molecular formula is C8H22N2Na2O2Si2. The molecule has 86 valence electrons. The number of rotatable bonds is 6. The Labute approximate surface area is 148 Å². The number of hydrogen-bond acceptors (Lipinski definition) is 4. The van der Waals surface area contributed by atoms with E-state index < -0.39 is 18.4 Å². The molecule has 16 heavy (non-hydrogen) atoms. The van der Waals surface area contributed by atoms with Gasteiger partial charge in [-0.05, 0) is 14.1 Å². The van der Waals surface area contributed by atoms with Crippen LogP contribution < -0.4 is 78.7 Å². The van der Waals surface area contributed by atoms with Crippen LogP contribution in [0.15, 0.2) is 0 Å². The molecule has 0 amide bonds. The first-order valence-electron chi connectivity index (χ1n) is 5.03. The van der Waals surface area contributed by atoms with Crippen LogP contribution in [0.25, 0.3) is 0 Å². The molecule has 0 aromatic rings. The molecule has 0 spiro atoms. The van der Waals surface area contributed by atoms with Gasteiger partial charge in [0, 0.05) is 18.4 Å². The summed E-state index contributed by atoms with van der Waals surface area (Å²) in [6, 6.07) is 1.67. The molecular weight excluding hydrogens is 258 g/mol. The Morgan fingerprint density at radius 1 is 0.812 bits per heavy atom. The van der Waals surface area contributed by atoms with E-state index in [-0.39, 0.29) is 59.1 Å². The summed E-state index contributed by atoms with van der Waals surface area (Å²) in [5, 5.41) is 0. The van der Waals surface area contributed by atoms with Crippen molar-refractivity contribution >= 4 is 18.4 Å². The zero-order valence-corrected chi connectivity index (χ0v) is 17.6. The summed E-state index contributed by atoms with van der Waals surface area (Å²) in [5.41, 5.74) is 0. The van der Waals surface area contributed by atoms with Crippen molar-refractivity contribution in [3.63, 3.8) is 0 Å². The number of hydrogen-bond donors (Lipinski definition) is 2. The summed E-state index contributed by atoms with van der Waals surface area (Å²) in [6.07, 6.45) is 2.03. The minimum Gasteiger partial charge on any atom is -0.849 e. The fourth-order valence-corrected chi connectivity index (χ4v) is 2.11.